The molecule has 1 saturated heterocycles. The summed E-state index contributed by atoms with van der Waals surface area (Å²) in [6, 6.07) is 0. The summed E-state index contributed by atoms with van der Waals surface area (Å²) in [7, 11) is 0. The van der Waals surface area contributed by atoms with Gasteiger partial charge in [-0.25, -0.2) is 8.78 Å². The molecule has 0 bridgehead atoms. The fraction of sp³-hybridized carbons (Fsp3) is 1.00. The van der Waals surface area contributed by atoms with Crippen LogP contribution in [-0.2, 0) is 0 Å². The number of alkyl halides is 2. The van der Waals surface area contributed by atoms with E-state index in [4.69, 9.17) is 0 Å². The lowest BCUT2D eigenvalue weighted by Gasteiger charge is -2.40. The molecule has 2 nitrogen and oxygen atoms in total. The van der Waals surface area contributed by atoms with Crippen molar-refractivity contribution in [1.82, 2.24) is 10.2 Å². The molecule has 16 heavy (non-hydrogen) atoms. The van der Waals surface area contributed by atoms with Gasteiger partial charge in [-0.2, -0.15) is 0 Å². The lowest BCUT2D eigenvalue weighted by molar-refractivity contribution is 0.0714. The summed E-state index contributed by atoms with van der Waals surface area (Å²) in [6.07, 6.45) is 4.91. The Morgan fingerprint density at radius 2 is 1.88 bits per heavy atom. The molecular weight excluding hydrogens is 210 g/mol. The van der Waals surface area contributed by atoms with Gasteiger partial charge in [-0.3, -0.25) is 4.90 Å². The van der Waals surface area contributed by atoms with Crippen LogP contribution in [0, 0.1) is 0 Å². The average molecular weight is 232 g/mol. The van der Waals surface area contributed by atoms with Crippen molar-refractivity contribution in [3.8, 4) is 0 Å². The van der Waals surface area contributed by atoms with Gasteiger partial charge < -0.3 is 5.32 Å². The molecule has 2 aliphatic rings. The molecule has 2 rings (SSSR count). The Hall–Kier alpha value is -0.220. The number of nitrogens with zero attached hydrogens (tertiary/aromatic N) is 1. The van der Waals surface area contributed by atoms with E-state index in [9.17, 15) is 8.78 Å². The Balaban J connectivity index is 1.96. The van der Waals surface area contributed by atoms with Crippen molar-refractivity contribution in [3.05, 3.63) is 0 Å². The van der Waals surface area contributed by atoms with Crippen molar-refractivity contribution in [2.75, 3.05) is 26.2 Å². The summed E-state index contributed by atoms with van der Waals surface area (Å²) in [5.74, 6) is 0. The Bertz CT molecular complexity index is 215. The molecular formula is C12H22F2N2. The van der Waals surface area contributed by atoms with Crippen molar-refractivity contribution < 1.29 is 8.78 Å². The normalized spacial score (nSPS) is 27.2. The zero-order valence-corrected chi connectivity index (χ0v) is 9.85. The van der Waals surface area contributed by atoms with Gasteiger partial charge in [-0.15, -0.1) is 0 Å². The van der Waals surface area contributed by atoms with Crippen LogP contribution < -0.4 is 5.32 Å². The number of rotatable bonds is 2. The molecule has 0 amide bonds. The highest BCUT2D eigenvalue weighted by Crippen LogP contribution is 2.30. The first-order valence-electron chi connectivity index (χ1n) is 6.46. The Kier molecular flexibility index (Phi) is 4.14. The van der Waals surface area contributed by atoms with Crippen LogP contribution >= 0.6 is 0 Å². The van der Waals surface area contributed by atoms with Crippen molar-refractivity contribution >= 4 is 0 Å². The predicted molar refractivity (Wildman–Crippen MR) is 60.9 cm³/mol. The molecule has 0 unspecified atom stereocenters. The monoisotopic (exact) mass is 232 g/mol. The van der Waals surface area contributed by atoms with Crippen molar-refractivity contribution in [2.45, 2.75) is 50.5 Å². The molecule has 2 fully saturated rings. The van der Waals surface area contributed by atoms with Crippen molar-refractivity contribution in [3.63, 3.8) is 0 Å². The van der Waals surface area contributed by atoms with Gasteiger partial charge in [0.05, 0.1) is 6.54 Å². The van der Waals surface area contributed by atoms with Crippen LogP contribution in [0.15, 0.2) is 0 Å². The fourth-order valence-corrected chi connectivity index (χ4v) is 3.13. The lowest BCUT2D eigenvalue weighted by Crippen LogP contribution is -2.53. The number of hydrogen-bond acceptors (Lipinski definition) is 2. The first-order valence-corrected chi connectivity index (χ1v) is 6.46. The summed E-state index contributed by atoms with van der Waals surface area (Å²) in [4.78, 5) is 1.95. The van der Waals surface area contributed by atoms with E-state index in [1.165, 1.54) is 19.3 Å². The molecule has 1 aliphatic heterocycles. The highest BCUT2D eigenvalue weighted by atomic mass is 19.3. The van der Waals surface area contributed by atoms with E-state index < -0.39 is 6.43 Å². The average Bonchev–Trinajstić information content (AvgIpc) is 2.41. The van der Waals surface area contributed by atoms with Gasteiger partial charge in [0.1, 0.15) is 0 Å². The van der Waals surface area contributed by atoms with Gasteiger partial charge >= 0.3 is 0 Å². The summed E-state index contributed by atoms with van der Waals surface area (Å²) in [6.45, 7) is 2.57. The van der Waals surface area contributed by atoms with Gasteiger partial charge in [0.2, 0.25) is 0 Å². The fourth-order valence-electron chi connectivity index (χ4n) is 3.13. The van der Waals surface area contributed by atoms with E-state index in [1.54, 1.807) is 0 Å². The van der Waals surface area contributed by atoms with Crippen LogP contribution in [-0.4, -0.2) is 43.0 Å². The molecule has 1 spiro atoms. The minimum Gasteiger partial charge on any atom is -0.310 e. The van der Waals surface area contributed by atoms with E-state index in [1.807, 2.05) is 4.90 Å². The third-order valence-electron chi connectivity index (χ3n) is 3.88. The van der Waals surface area contributed by atoms with Gasteiger partial charge in [-0.1, -0.05) is 19.3 Å². The molecule has 1 N–H and O–H groups in total. The maximum Gasteiger partial charge on any atom is 0.251 e. The molecule has 1 heterocycles. The zero-order chi connectivity index (χ0) is 11.4. The first-order chi connectivity index (χ1) is 7.70. The van der Waals surface area contributed by atoms with Crippen LogP contribution in [0.1, 0.15) is 38.5 Å². The van der Waals surface area contributed by atoms with Gasteiger partial charge in [-0.05, 0) is 32.4 Å². The minimum atomic E-state index is -2.20. The van der Waals surface area contributed by atoms with Crippen LogP contribution in [0.5, 0.6) is 0 Å². The van der Waals surface area contributed by atoms with E-state index in [2.05, 4.69) is 5.32 Å². The third kappa shape index (κ3) is 3.14. The SMILES string of the molecule is FC(F)CN1CCCNC2(CCCCC2)C1. The maximum atomic E-state index is 12.4. The number of hydrogen-bond donors (Lipinski definition) is 1. The summed E-state index contributed by atoms with van der Waals surface area (Å²) >= 11 is 0. The Labute approximate surface area is 96.4 Å². The van der Waals surface area contributed by atoms with Crippen molar-refractivity contribution in [2.24, 2.45) is 0 Å². The quantitative estimate of drug-likeness (QED) is 0.785. The maximum absolute atomic E-state index is 12.4. The van der Waals surface area contributed by atoms with Crippen LogP contribution in [0.4, 0.5) is 8.78 Å². The highest BCUT2D eigenvalue weighted by molar-refractivity contribution is 4.95. The van der Waals surface area contributed by atoms with E-state index in [0.717, 1.165) is 38.9 Å². The molecule has 0 aromatic carbocycles. The van der Waals surface area contributed by atoms with Gasteiger partial charge in [0, 0.05) is 12.1 Å². The highest BCUT2D eigenvalue weighted by Gasteiger charge is 2.35. The Morgan fingerprint density at radius 3 is 2.56 bits per heavy atom. The topological polar surface area (TPSA) is 15.3 Å². The predicted octanol–water partition coefficient (Wildman–Crippen LogP) is 2.25. The zero-order valence-electron chi connectivity index (χ0n) is 9.85. The molecule has 0 aromatic heterocycles. The van der Waals surface area contributed by atoms with Crippen LogP contribution in [0.2, 0.25) is 0 Å². The van der Waals surface area contributed by atoms with E-state index in [0.29, 0.717) is 0 Å². The molecule has 4 heteroatoms. The second kappa shape index (κ2) is 5.41. The summed E-state index contributed by atoms with van der Waals surface area (Å²) in [5, 5.41) is 3.61. The number of nitrogens with one attached hydrogen (secondary N) is 1. The van der Waals surface area contributed by atoms with E-state index >= 15 is 0 Å². The standard InChI is InChI=1S/C12H22F2N2/c13-11(14)9-16-8-4-7-15-12(10-16)5-2-1-3-6-12/h11,15H,1-10H2. The summed E-state index contributed by atoms with van der Waals surface area (Å²) < 4.78 is 24.9. The molecule has 94 valence electrons. The molecule has 1 aliphatic carbocycles. The minimum absolute atomic E-state index is 0.0522. The number of halogens is 2. The van der Waals surface area contributed by atoms with Crippen molar-refractivity contribution in [1.29, 1.82) is 0 Å². The lowest BCUT2D eigenvalue weighted by atomic mass is 9.81. The van der Waals surface area contributed by atoms with Crippen LogP contribution in [0.25, 0.3) is 0 Å². The first kappa shape index (κ1) is 12.2. The Morgan fingerprint density at radius 1 is 1.12 bits per heavy atom. The second-order valence-electron chi connectivity index (χ2n) is 5.25. The van der Waals surface area contributed by atoms with Gasteiger partial charge in [0.15, 0.2) is 0 Å². The van der Waals surface area contributed by atoms with E-state index in [-0.39, 0.29) is 12.1 Å². The molecule has 0 aromatic rings. The third-order valence-corrected chi connectivity index (χ3v) is 3.88. The summed E-state index contributed by atoms with van der Waals surface area (Å²) in [5.41, 5.74) is 0.143. The van der Waals surface area contributed by atoms with Gasteiger partial charge in [0.25, 0.3) is 6.43 Å². The molecule has 1 saturated carbocycles. The smallest absolute Gasteiger partial charge is 0.251 e. The second-order valence-corrected chi connectivity index (χ2v) is 5.25. The molecule has 0 radical (unpaired) electrons. The van der Waals surface area contributed by atoms with Crippen LogP contribution in [0.3, 0.4) is 0 Å². The molecule has 0 atom stereocenters. The largest absolute Gasteiger partial charge is 0.310 e.